The van der Waals surface area contributed by atoms with Crippen molar-refractivity contribution in [3.05, 3.63) is 28.3 Å². The maximum absolute atomic E-state index is 11.2. The van der Waals surface area contributed by atoms with Crippen LogP contribution in [0.4, 0.5) is 17.1 Å². The molecule has 0 radical (unpaired) electrons. The number of nitrogens with two attached hydrogens (primary N) is 1. The molecule has 7 heteroatoms. The van der Waals surface area contributed by atoms with Crippen molar-refractivity contribution in [1.29, 1.82) is 0 Å². The fourth-order valence-corrected chi connectivity index (χ4v) is 1.93. The van der Waals surface area contributed by atoms with Gasteiger partial charge in [0.1, 0.15) is 11.4 Å². The molecule has 1 amide bonds. The Morgan fingerprint density at radius 3 is 2.38 bits per heavy atom. The number of primary amides is 1. The number of anilines is 2. The van der Waals surface area contributed by atoms with Crippen LogP contribution in [0.1, 0.15) is 32.6 Å². The van der Waals surface area contributed by atoms with E-state index in [1.54, 1.807) is 18.2 Å². The first-order valence-corrected chi connectivity index (χ1v) is 7.09. The summed E-state index contributed by atoms with van der Waals surface area (Å²) in [6.07, 6.45) is 2.63. The van der Waals surface area contributed by atoms with E-state index < -0.39 is 0 Å². The van der Waals surface area contributed by atoms with Crippen molar-refractivity contribution in [3.63, 3.8) is 0 Å². The van der Waals surface area contributed by atoms with E-state index >= 15 is 0 Å². The summed E-state index contributed by atoms with van der Waals surface area (Å²) in [7, 11) is 0. The van der Waals surface area contributed by atoms with E-state index in [9.17, 15) is 14.9 Å². The number of nitro benzene ring substituents is 1. The summed E-state index contributed by atoms with van der Waals surface area (Å²) in [5, 5.41) is 17.4. The Morgan fingerprint density at radius 1 is 1.24 bits per heavy atom. The van der Waals surface area contributed by atoms with Crippen molar-refractivity contribution >= 4 is 23.0 Å². The van der Waals surface area contributed by atoms with E-state index in [-0.39, 0.29) is 16.5 Å². The molecule has 0 saturated heterocycles. The number of nitro groups is 1. The number of benzene rings is 1. The fraction of sp³-hybridized carbons (Fsp3) is 0.500. The highest BCUT2D eigenvalue weighted by Gasteiger charge is 2.18. The van der Waals surface area contributed by atoms with Crippen molar-refractivity contribution in [3.8, 4) is 0 Å². The molecule has 0 bridgehead atoms. The van der Waals surface area contributed by atoms with Gasteiger partial charge in [-0.05, 0) is 31.4 Å². The van der Waals surface area contributed by atoms with Crippen molar-refractivity contribution in [1.82, 2.24) is 0 Å². The number of unbranched alkanes of at least 4 members (excludes halogenated alkanes) is 1. The Labute approximate surface area is 124 Å². The third-order valence-corrected chi connectivity index (χ3v) is 2.95. The van der Waals surface area contributed by atoms with Gasteiger partial charge in [0.25, 0.3) is 0 Å². The van der Waals surface area contributed by atoms with Gasteiger partial charge in [-0.2, -0.15) is 0 Å². The molecule has 0 aliphatic heterocycles. The molecule has 7 nitrogen and oxygen atoms in total. The van der Waals surface area contributed by atoms with Crippen LogP contribution in [0.2, 0.25) is 0 Å². The molecule has 0 atom stereocenters. The zero-order chi connectivity index (χ0) is 15.7. The topological polar surface area (TPSA) is 110 Å². The Kier molecular flexibility index (Phi) is 7.00. The molecule has 1 rings (SSSR count). The lowest BCUT2D eigenvalue weighted by Gasteiger charge is -2.11. The summed E-state index contributed by atoms with van der Waals surface area (Å²) in [6.45, 7) is 3.24. The molecule has 0 spiro atoms. The van der Waals surface area contributed by atoms with Crippen molar-refractivity contribution in [2.45, 2.75) is 32.6 Å². The van der Waals surface area contributed by atoms with E-state index in [0.717, 1.165) is 12.8 Å². The molecule has 0 aromatic heterocycles. The third-order valence-electron chi connectivity index (χ3n) is 2.95. The minimum atomic E-state index is -0.385. The SMILES string of the molecule is CCCNc1cccc(NCCCCC(N)=O)c1[N+](=O)[O-]. The summed E-state index contributed by atoms with van der Waals surface area (Å²) in [5.41, 5.74) is 6.12. The molecule has 0 heterocycles. The molecular formula is C14H22N4O3. The molecular weight excluding hydrogens is 272 g/mol. The van der Waals surface area contributed by atoms with Gasteiger partial charge >= 0.3 is 5.69 Å². The normalized spacial score (nSPS) is 10.1. The van der Waals surface area contributed by atoms with Crippen LogP contribution in [0.5, 0.6) is 0 Å². The number of hydrogen-bond donors (Lipinski definition) is 3. The number of nitrogens with one attached hydrogen (secondary N) is 2. The van der Waals surface area contributed by atoms with Crippen LogP contribution >= 0.6 is 0 Å². The smallest absolute Gasteiger partial charge is 0.315 e. The van der Waals surface area contributed by atoms with Gasteiger partial charge in [-0.25, -0.2) is 0 Å². The quantitative estimate of drug-likeness (QED) is 0.349. The van der Waals surface area contributed by atoms with Crippen molar-refractivity contribution in [2.75, 3.05) is 23.7 Å². The summed E-state index contributed by atoms with van der Waals surface area (Å²) < 4.78 is 0. The minimum Gasteiger partial charge on any atom is -0.379 e. The van der Waals surface area contributed by atoms with Gasteiger partial charge in [0.15, 0.2) is 0 Å². The van der Waals surface area contributed by atoms with Crippen LogP contribution in [0.3, 0.4) is 0 Å². The van der Waals surface area contributed by atoms with E-state index in [4.69, 9.17) is 5.73 Å². The van der Waals surface area contributed by atoms with Crippen LogP contribution in [0, 0.1) is 10.1 Å². The largest absolute Gasteiger partial charge is 0.379 e. The van der Waals surface area contributed by atoms with Crippen LogP contribution in [0.25, 0.3) is 0 Å². The first-order chi connectivity index (χ1) is 10.1. The zero-order valence-electron chi connectivity index (χ0n) is 12.2. The molecule has 1 aromatic carbocycles. The Hall–Kier alpha value is -2.31. The number of nitrogens with zero attached hydrogens (tertiary/aromatic N) is 1. The fourth-order valence-electron chi connectivity index (χ4n) is 1.93. The monoisotopic (exact) mass is 294 g/mol. The molecule has 0 aliphatic carbocycles. The second-order valence-corrected chi connectivity index (χ2v) is 4.74. The third kappa shape index (κ3) is 5.68. The molecule has 0 unspecified atom stereocenters. The predicted octanol–water partition coefficient (Wildman–Crippen LogP) is 2.48. The van der Waals surface area contributed by atoms with E-state index in [2.05, 4.69) is 10.6 Å². The standard InChI is InChI=1S/C14H22N4O3/c1-2-9-16-11-6-5-7-12(14(11)18(20)21)17-10-4-3-8-13(15)19/h5-7,16-17H,2-4,8-10H2,1H3,(H2,15,19). The Bertz CT molecular complexity index is 491. The molecule has 1 aromatic rings. The van der Waals surface area contributed by atoms with Gasteiger partial charge in [0.05, 0.1) is 4.92 Å². The van der Waals surface area contributed by atoms with Crippen LogP contribution in [-0.4, -0.2) is 23.9 Å². The number of para-hydroxylation sites is 1. The van der Waals surface area contributed by atoms with E-state index in [0.29, 0.717) is 37.3 Å². The first-order valence-electron chi connectivity index (χ1n) is 7.09. The van der Waals surface area contributed by atoms with Crippen LogP contribution in [-0.2, 0) is 4.79 Å². The first kappa shape index (κ1) is 16.7. The van der Waals surface area contributed by atoms with Crippen molar-refractivity contribution < 1.29 is 9.72 Å². The van der Waals surface area contributed by atoms with Gasteiger partial charge in [0, 0.05) is 19.5 Å². The summed E-state index contributed by atoms with van der Waals surface area (Å²) in [6, 6.07) is 5.16. The lowest BCUT2D eigenvalue weighted by Crippen LogP contribution is -2.11. The van der Waals surface area contributed by atoms with E-state index in [1.807, 2.05) is 6.92 Å². The minimum absolute atomic E-state index is 0.0563. The number of amides is 1. The van der Waals surface area contributed by atoms with Gasteiger partial charge in [-0.1, -0.05) is 13.0 Å². The highest BCUT2D eigenvalue weighted by Crippen LogP contribution is 2.32. The Balaban J connectivity index is 2.67. The average Bonchev–Trinajstić information content (AvgIpc) is 2.44. The van der Waals surface area contributed by atoms with Gasteiger partial charge in [-0.15, -0.1) is 0 Å². The molecule has 0 saturated carbocycles. The highest BCUT2D eigenvalue weighted by atomic mass is 16.6. The number of carbonyl (C=O) groups is 1. The molecule has 21 heavy (non-hydrogen) atoms. The van der Waals surface area contributed by atoms with Gasteiger partial charge in [-0.3, -0.25) is 14.9 Å². The number of carbonyl (C=O) groups excluding carboxylic acids is 1. The predicted molar refractivity (Wildman–Crippen MR) is 83.4 cm³/mol. The average molecular weight is 294 g/mol. The second kappa shape index (κ2) is 8.78. The zero-order valence-corrected chi connectivity index (χ0v) is 12.2. The Morgan fingerprint density at radius 2 is 1.86 bits per heavy atom. The molecule has 0 fully saturated rings. The number of hydrogen-bond acceptors (Lipinski definition) is 5. The molecule has 4 N–H and O–H groups in total. The van der Waals surface area contributed by atoms with Crippen molar-refractivity contribution in [2.24, 2.45) is 5.73 Å². The summed E-state index contributed by atoms with van der Waals surface area (Å²) in [4.78, 5) is 21.5. The van der Waals surface area contributed by atoms with Crippen LogP contribution in [0.15, 0.2) is 18.2 Å². The second-order valence-electron chi connectivity index (χ2n) is 4.74. The highest BCUT2D eigenvalue weighted by molar-refractivity contribution is 5.76. The van der Waals surface area contributed by atoms with Gasteiger partial charge < -0.3 is 16.4 Å². The number of rotatable bonds is 10. The summed E-state index contributed by atoms with van der Waals surface area (Å²) in [5.74, 6) is -0.327. The maximum Gasteiger partial charge on any atom is 0.315 e. The molecule has 0 aliphatic rings. The van der Waals surface area contributed by atoms with Gasteiger partial charge in [0.2, 0.25) is 5.91 Å². The van der Waals surface area contributed by atoms with Crippen LogP contribution < -0.4 is 16.4 Å². The lowest BCUT2D eigenvalue weighted by molar-refractivity contribution is -0.383. The van der Waals surface area contributed by atoms with E-state index in [1.165, 1.54) is 0 Å². The molecule has 116 valence electrons. The maximum atomic E-state index is 11.2. The lowest BCUT2D eigenvalue weighted by atomic mass is 10.2. The summed E-state index contributed by atoms with van der Waals surface area (Å²) >= 11 is 0.